The maximum Gasteiger partial charge on any atom is 0.323 e. The quantitative estimate of drug-likeness (QED) is 0.0446. The van der Waals surface area contributed by atoms with E-state index in [0.717, 1.165) is 62.7 Å². The summed E-state index contributed by atoms with van der Waals surface area (Å²) in [4.78, 5) is 27.6. The third kappa shape index (κ3) is 17.5. The molecule has 4 rings (SSSR count). The van der Waals surface area contributed by atoms with Crippen LogP contribution in [0.5, 0.6) is 0 Å². The number of Topliss-reactive ketones (excluding diaryl/α,β-unsaturated/α-hetero) is 1. The summed E-state index contributed by atoms with van der Waals surface area (Å²) in [5, 5.41) is 0.264. The van der Waals surface area contributed by atoms with E-state index >= 15 is 0 Å². The van der Waals surface area contributed by atoms with Gasteiger partial charge < -0.3 is 23.1 Å². The number of rotatable bonds is 29. The summed E-state index contributed by atoms with van der Waals surface area (Å²) < 4.78 is 33.1. The van der Waals surface area contributed by atoms with Crippen LogP contribution in [0, 0.1) is 0 Å². The van der Waals surface area contributed by atoms with Gasteiger partial charge in [-0.25, -0.2) is 0 Å². The lowest BCUT2D eigenvalue weighted by Gasteiger charge is -2.42. The summed E-state index contributed by atoms with van der Waals surface area (Å²) in [6.07, 6.45) is 24.7. The van der Waals surface area contributed by atoms with Crippen molar-refractivity contribution in [3.05, 3.63) is 30.3 Å². The molecule has 0 saturated carbocycles. The molecule has 3 fully saturated rings. The van der Waals surface area contributed by atoms with Crippen molar-refractivity contribution in [2.24, 2.45) is 0 Å². The lowest BCUT2D eigenvalue weighted by atomic mass is 9.95. The largest absolute Gasteiger partial charge is 0.462 e. The number of thioether (sulfide) groups is 1. The van der Waals surface area contributed by atoms with Crippen molar-refractivity contribution in [1.29, 1.82) is 0 Å². The molecule has 362 valence electrons. The van der Waals surface area contributed by atoms with E-state index in [0.29, 0.717) is 25.7 Å². The second kappa shape index (κ2) is 25.4. The van der Waals surface area contributed by atoms with E-state index in [2.05, 4.69) is 86.8 Å². The summed E-state index contributed by atoms with van der Waals surface area (Å²) in [6.45, 7) is 27.8. The molecule has 0 aromatic heterocycles. The van der Waals surface area contributed by atoms with Gasteiger partial charge in [0.15, 0.2) is 16.6 Å². The zero-order valence-corrected chi connectivity index (χ0v) is 45.3. The first-order valence-electron chi connectivity index (χ1n) is 25.8. The van der Waals surface area contributed by atoms with Crippen molar-refractivity contribution >= 4 is 40.1 Å². The van der Waals surface area contributed by atoms with Gasteiger partial charge in [-0.1, -0.05) is 144 Å². The minimum atomic E-state index is -2.05. The van der Waals surface area contributed by atoms with Gasteiger partial charge in [-0.15, -0.1) is 11.8 Å². The number of benzene rings is 1. The molecule has 0 bridgehead atoms. The van der Waals surface area contributed by atoms with Gasteiger partial charge in [-0.3, -0.25) is 9.59 Å². The Morgan fingerprint density at radius 1 is 0.714 bits per heavy atom. The number of carbonyl (C=O) groups excluding carboxylic acids is 2. The number of unbranched alkanes of at least 4 members (excludes halogenated alkanes) is 11. The van der Waals surface area contributed by atoms with Gasteiger partial charge in [-0.2, -0.15) is 0 Å². The van der Waals surface area contributed by atoms with Gasteiger partial charge in [0.25, 0.3) is 0 Å². The maximum absolute atomic E-state index is 13.3. The van der Waals surface area contributed by atoms with Gasteiger partial charge in [0.05, 0.1) is 36.6 Å². The van der Waals surface area contributed by atoms with Crippen LogP contribution in [0.1, 0.15) is 203 Å². The lowest BCUT2D eigenvalue weighted by Crippen LogP contribution is -2.48. The predicted molar refractivity (Wildman–Crippen MR) is 269 cm³/mol. The SMILES string of the molecule is CCCCCCCCCCCC[C@@H](O[Si](C)(C)C(C)(C)C)[C@H]1CC[C@H]([C@@H](CCCCCC(=O)C[C@H]2CC[C@H](C[C@@]3(Sc4ccccc4)C[C@H](C)OC3=O)O2)O[Si](C)(C)C(C)(C)C)O1. The van der Waals surface area contributed by atoms with Gasteiger partial charge in [0, 0.05) is 24.2 Å². The molecule has 3 heterocycles. The molecule has 1 aromatic carbocycles. The fourth-order valence-corrected chi connectivity index (χ4v) is 13.6. The molecular formula is C53H94O7SSi2. The van der Waals surface area contributed by atoms with Gasteiger partial charge in [0.1, 0.15) is 16.6 Å². The van der Waals surface area contributed by atoms with Crippen molar-refractivity contribution in [2.75, 3.05) is 0 Å². The Balaban J connectivity index is 1.26. The van der Waals surface area contributed by atoms with Crippen molar-refractivity contribution in [2.45, 2.75) is 292 Å². The molecule has 0 radical (unpaired) electrons. The second-order valence-corrected chi connectivity index (χ2v) is 33.9. The highest BCUT2D eigenvalue weighted by Gasteiger charge is 2.51. The average molecular weight is 932 g/mol. The van der Waals surface area contributed by atoms with Crippen LogP contribution in [0.3, 0.4) is 0 Å². The van der Waals surface area contributed by atoms with Crippen LogP contribution in [0.15, 0.2) is 35.2 Å². The van der Waals surface area contributed by atoms with Crippen molar-refractivity contribution in [3.63, 3.8) is 0 Å². The zero-order valence-electron chi connectivity index (χ0n) is 42.5. The monoisotopic (exact) mass is 931 g/mol. The zero-order chi connectivity index (χ0) is 46.3. The van der Waals surface area contributed by atoms with Crippen LogP contribution >= 0.6 is 11.8 Å². The Morgan fingerprint density at radius 3 is 1.70 bits per heavy atom. The Bertz CT molecular complexity index is 1490. The van der Waals surface area contributed by atoms with E-state index in [4.69, 9.17) is 23.1 Å². The molecule has 0 unspecified atom stereocenters. The summed E-state index contributed by atoms with van der Waals surface area (Å²) in [7, 11) is -4.04. The van der Waals surface area contributed by atoms with Gasteiger partial charge in [0.2, 0.25) is 0 Å². The molecule has 0 N–H and O–H groups in total. The summed E-state index contributed by atoms with van der Waals surface area (Å²) >= 11 is 1.61. The maximum atomic E-state index is 13.3. The molecular weight excluding hydrogens is 837 g/mol. The number of carbonyl (C=O) groups is 2. The van der Waals surface area contributed by atoms with E-state index in [1.165, 1.54) is 64.2 Å². The van der Waals surface area contributed by atoms with Crippen LogP contribution in [0.4, 0.5) is 0 Å². The Morgan fingerprint density at radius 2 is 1.21 bits per heavy atom. The molecule has 10 heteroatoms. The van der Waals surface area contributed by atoms with E-state index in [9.17, 15) is 9.59 Å². The molecule has 3 aliphatic heterocycles. The average Bonchev–Trinajstić information content (AvgIpc) is 3.93. The number of ketones is 1. The summed E-state index contributed by atoms with van der Waals surface area (Å²) in [5.41, 5.74) is 0. The minimum absolute atomic E-state index is 0.0410. The van der Waals surface area contributed by atoms with E-state index in [1.807, 2.05) is 25.1 Å². The smallest absolute Gasteiger partial charge is 0.323 e. The standard InChI is InChI=1S/C53H94O7SSi2/c1-13-14-15-16-17-18-19-20-21-27-32-48(59-62(9,10)51(3,4)5)46-36-37-47(58-46)49(60-63(11,12)52(6,7)8)33-28-22-24-29-42(54)38-43-34-35-44(57-43)40-53(39-41(2)56-50(53)55)61-45-30-25-23-26-31-45/h23,25-26,30-31,41,43-44,46-49H,13-22,24,27-29,32-40H2,1-12H3/t41-,43+,44+,46+,47+,48+,49+,53-/m0/s1. The molecule has 0 aliphatic carbocycles. The predicted octanol–water partition coefficient (Wildman–Crippen LogP) is 15.3. The lowest BCUT2D eigenvalue weighted by molar-refractivity contribution is -0.143. The molecule has 8 atom stereocenters. The van der Waals surface area contributed by atoms with Gasteiger partial charge >= 0.3 is 5.97 Å². The number of hydrogen-bond donors (Lipinski definition) is 0. The third-order valence-electron chi connectivity index (χ3n) is 15.3. The number of cyclic esters (lactones) is 1. The molecule has 1 aromatic rings. The molecule has 3 saturated heterocycles. The first kappa shape index (κ1) is 54.6. The molecule has 0 amide bonds. The summed E-state index contributed by atoms with van der Waals surface area (Å²) in [6, 6.07) is 10.1. The Labute approximate surface area is 393 Å². The Kier molecular flexibility index (Phi) is 22.0. The van der Waals surface area contributed by atoms with Crippen LogP contribution < -0.4 is 0 Å². The normalized spacial score (nSPS) is 25.7. The fourth-order valence-electron chi connectivity index (χ4n) is 9.35. The topological polar surface area (TPSA) is 80.3 Å². The second-order valence-electron chi connectivity index (χ2n) is 22.9. The first-order chi connectivity index (χ1) is 29.6. The highest BCUT2D eigenvalue weighted by Crippen LogP contribution is 2.48. The number of esters is 1. The van der Waals surface area contributed by atoms with E-state index in [1.54, 1.807) is 11.8 Å². The van der Waals surface area contributed by atoms with Crippen LogP contribution in [0.25, 0.3) is 0 Å². The van der Waals surface area contributed by atoms with E-state index < -0.39 is 21.4 Å². The minimum Gasteiger partial charge on any atom is -0.462 e. The van der Waals surface area contributed by atoms with Crippen LogP contribution in [-0.4, -0.2) is 75.9 Å². The number of hydrogen-bond acceptors (Lipinski definition) is 8. The molecule has 3 aliphatic rings. The molecule has 0 spiro atoms. The van der Waals surface area contributed by atoms with E-state index in [-0.39, 0.29) is 64.6 Å². The molecule has 63 heavy (non-hydrogen) atoms. The van der Waals surface area contributed by atoms with Crippen LogP contribution in [-0.2, 0) is 32.7 Å². The number of ether oxygens (including phenoxy) is 3. The van der Waals surface area contributed by atoms with Crippen molar-refractivity contribution < 1.29 is 32.7 Å². The van der Waals surface area contributed by atoms with Gasteiger partial charge in [-0.05, 0) is 107 Å². The first-order valence-corrected chi connectivity index (χ1v) is 32.4. The van der Waals surface area contributed by atoms with Crippen molar-refractivity contribution in [3.8, 4) is 0 Å². The molecule has 7 nitrogen and oxygen atoms in total. The fraction of sp³-hybridized carbons (Fsp3) is 0.849. The Hall–Kier alpha value is -1.02. The highest BCUT2D eigenvalue weighted by atomic mass is 32.2. The highest BCUT2D eigenvalue weighted by molar-refractivity contribution is 8.01. The van der Waals surface area contributed by atoms with Crippen LogP contribution in [0.2, 0.25) is 36.3 Å². The van der Waals surface area contributed by atoms with Crippen molar-refractivity contribution in [1.82, 2.24) is 0 Å². The third-order valence-corrected chi connectivity index (χ3v) is 25.7. The summed E-state index contributed by atoms with van der Waals surface area (Å²) in [5.74, 6) is 0.150.